The molecule has 4 aromatic rings. The van der Waals surface area contributed by atoms with Gasteiger partial charge < -0.3 is 25.0 Å². The number of nitriles is 1. The van der Waals surface area contributed by atoms with Gasteiger partial charge in [-0.05, 0) is 90.3 Å². The zero-order valence-corrected chi connectivity index (χ0v) is 25.4. The first-order chi connectivity index (χ1) is 20.8. The van der Waals surface area contributed by atoms with E-state index < -0.39 is 11.0 Å². The lowest BCUT2D eigenvalue weighted by Gasteiger charge is -2.39. The molecule has 1 aliphatic heterocycles. The van der Waals surface area contributed by atoms with Crippen molar-refractivity contribution in [1.29, 1.82) is 5.26 Å². The van der Waals surface area contributed by atoms with E-state index in [4.69, 9.17) is 30.1 Å². The number of ether oxygens (including phenoxy) is 1. The Bertz CT molecular complexity index is 1780. The van der Waals surface area contributed by atoms with E-state index in [0.29, 0.717) is 39.7 Å². The maximum atomic E-state index is 10.6. The molecule has 4 aromatic heterocycles. The Hall–Kier alpha value is -3.53. The van der Waals surface area contributed by atoms with E-state index in [-0.39, 0.29) is 12.6 Å². The lowest BCUT2D eigenvalue weighted by atomic mass is 9.63. The van der Waals surface area contributed by atoms with Gasteiger partial charge in [0.2, 0.25) is 5.88 Å². The van der Waals surface area contributed by atoms with Crippen molar-refractivity contribution in [3.8, 4) is 23.5 Å². The Morgan fingerprint density at radius 1 is 1.23 bits per heavy atom. The highest BCUT2D eigenvalue weighted by Crippen LogP contribution is 2.55. The minimum atomic E-state index is -0.799. The van der Waals surface area contributed by atoms with Crippen LogP contribution in [0.4, 0.5) is 5.00 Å². The third-order valence-electron chi connectivity index (χ3n) is 10.3. The van der Waals surface area contributed by atoms with Crippen LogP contribution in [0.25, 0.3) is 22.6 Å². The average Bonchev–Trinajstić information content (AvgIpc) is 3.45. The maximum Gasteiger partial charge on any atom is 0.228 e. The van der Waals surface area contributed by atoms with Crippen LogP contribution in [0.1, 0.15) is 91.7 Å². The van der Waals surface area contributed by atoms with E-state index in [1.165, 1.54) is 16.2 Å². The second-order valence-electron chi connectivity index (χ2n) is 13.0. The minimum Gasteiger partial charge on any atom is -0.474 e. The molecule has 43 heavy (non-hydrogen) atoms. The standard InChI is InChI=1S/C31H36N8O3S/c1-17(21-7-5-13-38(21)2)39-28-20(15-34-39)29(41-16-30(40)11-12-30)36-27(35-28)24-18-6-3-9-31(25(18)42-37-24)10-4-8-22-23(31)19(14-32)26(33)43-22/h15,17,21,40H,3-13,16,33H2,1-2H3. The van der Waals surface area contributed by atoms with E-state index in [2.05, 4.69) is 30.1 Å². The summed E-state index contributed by atoms with van der Waals surface area (Å²) < 4.78 is 14.4. The number of likely N-dealkylation sites (N-methyl/N-ethyl adjacent to an activating group) is 1. The number of nitrogens with zero attached hydrogens (tertiary/aromatic N) is 7. The molecule has 4 aliphatic rings. The van der Waals surface area contributed by atoms with Gasteiger partial charge in [-0.3, -0.25) is 0 Å². The number of rotatable bonds is 6. The van der Waals surface area contributed by atoms with Crippen molar-refractivity contribution in [2.24, 2.45) is 0 Å². The van der Waals surface area contributed by atoms with Gasteiger partial charge in [0.1, 0.15) is 23.1 Å². The second kappa shape index (κ2) is 9.74. The highest BCUT2D eigenvalue weighted by Gasteiger charge is 2.49. The molecule has 224 valence electrons. The summed E-state index contributed by atoms with van der Waals surface area (Å²) in [6.45, 7) is 3.43. The van der Waals surface area contributed by atoms with Gasteiger partial charge >= 0.3 is 0 Å². The molecule has 1 saturated carbocycles. The third-order valence-corrected chi connectivity index (χ3v) is 11.4. The first-order valence-corrected chi connectivity index (χ1v) is 16.3. The van der Waals surface area contributed by atoms with E-state index in [1.807, 2.05) is 4.68 Å². The Balaban J connectivity index is 1.26. The van der Waals surface area contributed by atoms with Crippen LogP contribution in [0.15, 0.2) is 10.7 Å². The van der Waals surface area contributed by atoms with Crippen LogP contribution in [-0.2, 0) is 18.3 Å². The van der Waals surface area contributed by atoms with Gasteiger partial charge in [-0.2, -0.15) is 15.3 Å². The fourth-order valence-electron chi connectivity index (χ4n) is 7.83. The molecule has 0 radical (unpaired) electrons. The normalized spacial score (nSPS) is 25.0. The van der Waals surface area contributed by atoms with Crippen LogP contribution in [-0.4, -0.2) is 66.8 Å². The molecule has 3 aliphatic carbocycles. The first-order valence-electron chi connectivity index (χ1n) is 15.4. The van der Waals surface area contributed by atoms with Crippen molar-refractivity contribution in [2.45, 2.75) is 94.2 Å². The van der Waals surface area contributed by atoms with Crippen LogP contribution in [0.5, 0.6) is 5.88 Å². The summed E-state index contributed by atoms with van der Waals surface area (Å²) >= 11 is 1.54. The summed E-state index contributed by atoms with van der Waals surface area (Å²) in [6.07, 6.45) is 10.9. The molecule has 1 spiro atoms. The minimum absolute atomic E-state index is 0.0943. The third kappa shape index (κ3) is 4.12. The summed E-state index contributed by atoms with van der Waals surface area (Å²) in [5, 5.41) is 31.3. The topological polar surface area (TPSA) is 152 Å². The number of thiophene rings is 1. The molecule has 8 rings (SSSR count). The molecule has 0 amide bonds. The van der Waals surface area contributed by atoms with Crippen LogP contribution in [0.2, 0.25) is 0 Å². The predicted molar refractivity (Wildman–Crippen MR) is 161 cm³/mol. The number of nitrogen functional groups attached to an aromatic ring is 1. The van der Waals surface area contributed by atoms with Gasteiger partial charge in [0, 0.05) is 16.5 Å². The monoisotopic (exact) mass is 600 g/mol. The summed E-state index contributed by atoms with van der Waals surface area (Å²) in [7, 11) is 2.16. The largest absolute Gasteiger partial charge is 0.474 e. The molecular formula is C31H36N8O3S. The Morgan fingerprint density at radius 3 is 2.79 bits per heavy atom. The molecule has 0 aromatic carbocycles. The molecule has 1 saturated heterocycles. The van der Waals surface area contributed by atoms with Gasteiger partial charge in [-0.25, -0.2) is 9.67 Å². The summed E-state index contributed by atoms with van der Waals surface area (Å²) in [5.41, 5.74) is 9.04. The molecule has 0 bridgehead atoms. The quantitative estimate of drug-likeness (QED) is 0.323. The van der Waals surface area contributed by atoms with Gasteiger partial charge in [0.25, 0.3) is 0 Å². The molecule has 11 nitrogen and oxygen atoms in total. The molecule has 5 heterocycles. The van der Waals surface area contributed by atoms with Crippen molar-refractivity contribution >= 4 is 27.4 Å². The fraction of sp³-hybridized carbons (Fsp3) is 0.581. The van der Waals surface area contributed by atoms with Gasteiger partial charge in [0.15, 0.2) is 22.9 Å². The summed E-state index contributed by atoms with van der Waals surface area (Å²) in [4.78, 5) is 13.5. The number of aliphatic hydroxyl groups is 1. The SMILES string of the molecule is CC(C1CCCN1C)n1ncc2c(OCC3(O)CC3)nc(-c3noc4c3CCCC43CCCc4sc(N)c(C#N)c43)nc21. The summed E-state index contributed by atoms with van der Waals surface area (Å²) in [5.74, 6) is 1.65. The van der Waals surface area contributed by atoms with Crippen LogP contribution < -0.4 is 10.5 Å². The Morgan fingerprint density at radius 2 is 2.05 bits per heavy atom. The zero-order chi connectivity index (χ0) is 29.5. The lowest BCUT2D eigenvalue weighted by Crippen LogP contribution is -2.35. The Kier molecular flexibility index (Phi) is 6.13. The van der Waals surface area contributed by atoms with Crippen LogP contribution in [0, 0.1) is 11.3 Å². The molecule has 12 heteroatoms. The summed E-state index contributed by atoms with van der Waals surface area (Å²) in [6, 6.07) is 2.84. The number of hydrogen-bond donors (Lipinski definition) is 2. The fourth-order valence-corrected chi connectivity index (χ4v) is 8.99. The van der Waals surface area contributed by atoms with Crippen molar-refractivity contribution < 1.29 is 14.4 Å². The number of fused-ring (bicyclic) bond motifs is 5. The number of anilines is 1. The van der Waals surface area contributed by atoms with Crippen LogP contribution >= 0.6 is 11.3 Å². The van der Waals surface area contributed by atoms with Crippen molar-refractivity contribution in [3.05, 3.63) is 33.5 Å². The van der Waals surface area contributed by atoms with Crippen molar-refractivity contribution in [3.63, 3.8) is 0 Å². The number of hydrogen-bond acceptors (Lipinski definition) is 11. The lowest BCUT2D eigenvalue weighted by molar-refractivity contribution is 0.0842. The van der Waals surface area contributed by atoms with E-state index >= 15 is 0 Å². The van der Waals surface area contributed by atoms with Gasteiger partial charge in [-0.1, -0.05) is 5.16 Å². The highest BCUT2D eigenvalue weighted by molar-refractivity contribution is 7.16. The predicted octanol–water partition coefficient (Wildman–Crippen LogP) is 4.51. The highest BCUT2D eigenvalue weighted by atomic mass is 32.1. The number of aryl methyl sites for hydroxylation is 1. The zero-order valence-electron chi connectivity index (χ0n) is 24.6. The van der Waals surface area contributed by atoms with Gasteiger partial charge in [-0.15, -0.1) is 11.3 Å². The maximum absolute atomic E-state index is 10.6. The van der Waals surface area contributed by atoms with Crippen molar-refractivity contribution in [2.75, 3.05) is 25.9 Å². The molecule has 3 atom stereocenters. The second-order valence-corrected chi connectivity index (χ2v) is 14.1. The number of nitrogens with two attached hydrogens (primary N) is 1. The molecule has 2 fully saturated rings. The van der Waals surface area contributed by atoms with Gasteiger partial charge in [0.05, 0.1) is 28.8 Å². The Labute approximate surface area is 253 Å². The average molecular weight is 601 g/mol. The van der Waals surface area contributed by atoms with E-state index in [0.717, 1.165) is 93.0 Å². The molecule has 3 unspecified atom stereocenters. The first kappa shape index (κ1) is 27.0. The number of likely N-dealkylation sites (tertiary alicyclic amines) is 1. The van der Waals surface area contributed by atoms with Crippen LogP contribution in [0.3, 0.4) is 0 Å². The molecular weight excluding hydrogens is 564 g/mol. The van der Waals surface area contributed by atoms with E-state index in [1.54, 1.807) is 6.20 Å². The molecule has 3 N–H and O–H groups in total. The number of aromatic nitrogens is 5. The smallest absolute Gasteiger partial charge is 0.228 e. The van der Waals surface area contributed by atoms with E-state index in [9.17, 15) is 10.4 Å². The van der Waals surface area contributed by atoms with Crippen molar-refractivity contribution in [1.82, 2.24) is 29.8 Å².